The van der Waals surface area contributed by atoms with Crippen LogP contribution in [0.5, 0.6) is 5.75 Å². The number of carbonyl (C=O) groups is 2. The first kappa shape index (κ1) is 20.4. The van der Waals surface area contributed by atoms with Crippen molar-refractivity contribution >= 4 is 39.9 Å². The predicted octanol–water partition coefficient (Wildman–Crippen LogP) is 3.56. The molecule has 0 unspecified atom stereocenters. The lowest BCUT2D eigenvalue weighted by Crippen LogP contribution is -2.15. The Morgan fingerprint density at radius 1 is 1.19 bits per heavy atom. The summed E-state index contributed by atoms with van der Waals surface area (Å²) < 4.78 is 17.8. The third-order valence-corrected chi connectivity index (χ3v) is 5.23. The summed E-state index contributed by atoms with van der Waals surface area (Å²) in [4.78, 5) is 37.2. The summed E-state index contributed by atoms with van der Waals surface area (Å²) in [6.45, 7) is 0. The van der Waals surface area contributed by atoms with E-state index in [-0.39, 0.29) is 22.8 Å². The van der Waals surface area contributed by atoms with Crippen molar-refractivity contribution in [1.29, 1.82) is 0 Å². The number of anilines is 1. The zero-order chi connectivity index (χ0) is 22.0. The lowest BCUT2D eigenvalue weighted by atomic mass is 10.0. The molecule has 3 heterocycles. The van der Waals surface area contributed by atoms with Gasteiger partial charge < -0.3 is 15.2 Å². The first-order valence-electron chi connectivity index (χ1n) is 9.00. The second kappa shape index (κ2) is 8.44. The molecule has 0 aliphatic rings. The maximum absolute atomic E-state index is 13.2. The summed E-state index contributed by atoms with van der Waals surface area (Å²) in [5.41, 5.74) is 2.81. The largest absolute Gasteiger partial charge is 0.504 e. The van der Waals surface area contributed by atoms with E-state index < -0.39 is 17.6 Å². The van der Waals surface area contributed by atoms with Crippen LogP contribution in [-0.4, -0.2) is 39.0 Å². The van der Waals surface area contributed by atoms with Gasteiger partial charge in [-0.15, -0.1) is 11.3 Å². The molecule has 156 valence electrons. The molecule has 10 heteroatoms. The molecule has 0 atom stereocenters. The maximum Gasteiger partial charge on any atom is 0.360 e. The van der Waals surface area contributed by atoms with E-state index in [1.165, 1.54) is 30.0 Å². The summed E-state index contributed by atoms with van der Waals surface area (Å²) in [5.74, 6) is -2.09. The highest BCUT2D eigenvalue weighted by atomic mass is 32.1. The van der Waals surface area contributed by atoms with Crippen LogP contribution < -0.4 is 5.32 Å². The van der Waals surface area contributed by atoms with E-state index in [0.29, 0.717) is 16.7 Å². The molecule has 1 amide bonds. The molecule has 0 fully saturated rings. The van der Waals surface area contributed by atoms with Gasteiger partial charge in [-0.2, -0.15) is 0 Å². The van der Waals surface area contributed by atoms with Crippen molar-refractivity contribution in [3.63, 3.8) is 0 Å². The topological polar surface area (TPSA) is 114 Å². The second-order valence-corrected chi connectivity index (χ2v) is 7.40. The van der Waals surface area contributed by atoms with Crippen LogP contribution in [0.3, 0.4) is 0 Å². The second-order valence-electron chi connectivity index (χ2n) is 6.51. The van der Waals surface area contributed by atoms with Crippen LogP contribution in [0.4, 0.5) is 10.2 Å². The van der Waals surface area contributed by atoms with Gasteiger partial charge in [0.15, 0.2) is 11.4 Å². The summed E-state index contributed by atoms with van der Waals surface area (Å²) in [6, 6.07) is 7.73. The predicted molar refractivity (Wildman–Crippen MR) is 112 cm³/mol. The number of nitrogens with one attached hydrogen (secondary N) is 1. The lowest BCUT2D eigenvalue weighted by molar-refractivity contribution is 0.0590. The van der Waals surface area contributed by atoms with E-state index in [0.717, 1.165) is 29.6 Å². The number of carbonyl (C=O) groups excluding carboxylic acids is 2. The Bertz CT molecular complexity index is 1280. The number of methoxy groups -OCH3 is 1. The first-order chi connectivity index (χ1) is 15.0. The van der Waals surface area contributed by atoms with Crippen molar-refractivity contribution in [3.05, 3.63) is 75.8 Å². The molecule has 0 bridgehead atoms. The standard InChI is InChI=1S/C21H15FN4O4S/c1-30-21(29)17-18(27)16-14(19(25-17)26-20(28)15-9-23-10-31-15)7-12(8-24-16)6-11-2-4-13(22)5-3-11/h2-5,7-10,27H,6H2,1H3,(H,25,26,28). The average molecular weight is 438 g/mol. The number of hydrogen-bond acceptors (Lipinski definition) is 8. The van der Waals surface area contributed by atoms with Crippen LogP contribution in [0.2, 0.25) is 0 Å². The molecule has 3 aromatic heterocycles. The quantitative estimate of drug-likeness (QED) is 0.458. The van der Waals surface area contributed by atoms with E-state index in [4.69, 9.17) is 0 Å². The number of aromatic hydroxyl groups is 1. The molecule has 0 saturated heterocycles. The fraction of sp³-hybridized carbons (Fsp3) is 0.0952. The van der Waals surface area contributed by atoms with Crippen LogP contribution in [0.25, 0.3) is 10.9 Å². The summed E-state index contributed by atoms with van der Waals surface area (Å²) in [6.07, 6.45) is 3.37. The van der Waals surface area contributed by atoms with Gasteiger partial charge in [0.05, 0.1) is 18.8 Å². The van der Waals surface area contributed by atoms with Crippen LogP contribution in [0, 0.1) is 5.82 Å². The summed E-state index contributed by atoms with van der Waals surface area (Å²) in [5, 5.41) is 13.5. The minimum Gasteiger partial charge on any atom is -0.504 e. The third-order valence-electron chi connectivity index (χ3n) is 4.46. The molecular formula is C21H15FN4O4S. The van der Waals surface area contributed by atoms with Crippen molar-refractivity contribution in [2.24, 2.45) is 0 Å². The minimum atomic E-state index is -0.870. The Labute approximate surface area is 179 Å². The van der Waals surface area contributed by atoms with Crippen molar-refractivity contribution in [2.75, 3.05) is 12.4 Å². The summed E-state index contributed by atoms with van der Waals surface area (Å²) >= 11 is 1.14. The van der Waals surface area contributed by atoms with Crippen LogP contribution in [-0.2, 0) is 11.2 Å². The minimum absolute atomic E-state index is 0.0417. The Morgan fingerprint density at radius 2 is 1.97 bits per heavy atom. The highest BCUT2D eigenvalue weighted by molar-refractivity contribution is 7.11. The SMILES string of the molecule is COC(=O)c1nc(NC(=O)c2cncs2)c2cc(Cc3ccc(F)cc3)cnc2c1O. The van der Waals surface area contributed by atoms with Gasteiger partial charge in [0.25, 0.3) is 5.91 Å². The van der Waals surface area contributed by atoms with E-state index in [9.17, 15) is 19.1 Å². The molecule has 8 nitrogen and oxygen atoms in total. The zero-order valence-electron chi connectivity index (χ0n) is 16.1. The molecule has 31 heavy (non-hydrogen) atoms. The molecule has 0 aliphatic heterocycles. The van der Waals surface area contributed by atoms with Gasteiger partial charge in [-0.1, -0.05) is 12.1 Å². The Morgan fingerprint density at radius 3 is 2.65 bits per heavy atom. The number of ether oxygens (including phenoxy) is 1. The molecule has 0 aliphatic carbocycles. The normalized spacial score (nSPS) is 10.8. The Hall–Kier alpha value is -3.92. The molecule has 1 aromatic carbocycles. The number of pyridine rings is 2. The van der Waals surface area contributed by atoms with Gasteiger partial charge in [0, 0.05) is 11.6 Å². The molecule has 0 saturated carbocycles. The first-order valence-corrected chi connectivity index (χ1v) is 9.88. The molecule has 4 aromatic rings. The number of fused-ring (bicyclic) bond motifs is 1. The maximum atomic E-state index is 13.2. The van der Waals surface area contributed by atoms with E-state index in [1.807, 2.05) is 0 Å². The number of amides is 1. The number of thiazole rings is 1. The van der Waals surface area contributed by atoms with Gasteiger partial charge in [-0.05, 0) is 35.7 Å². The van der Waals surface area contributed by atoms with Crippen molar-refractivity contribution in [1.82, 2.24) is 15.0 Å². The van der Waals surface area contributed by atoms with E-state index in [2.05, 4.69) is 25.0 Å². The number of nitrogens with zero attached hydrogens (tertiary/aromatic N) is 3. The zero-order valence-corrected chi connectivity index (χ0v) is 16.9. The van der Waals surface area contributed by atoms with Gasteiger partial charge in [-0.25, -0.2) is 14.2 Å². The molecule has 0 radical (unpaired) electrons. The van der Waals surface area contributed by atoms with Gasteiger partial charge >= 0.3 is 5.97 Å². The fourth-order valence-corrected chi connectivity index (χ4v) is 3.50. The Balaban J connectivity index is 1.80. The number of rotatable bonds is 5. The third kappa shape index (κ3) is 4.19. The Kier molecular flexibility index (Phi) is 5.54. The highest BCUT2D eigenvalue weighted by Gasteiger charge is 2.22. The highest BCUT2D eigenvalue weighted by Crippen LogP contribution is 2.32. The van der Waals surface area contributed by atoms with Gasteiger partial charge in [0.1, 0.15) is 22.0 Å². The van der Waals surface area contributed by atoms with Gasteiger partial charge in [0.2, 0.25) is 0 Å². The molecular weight excluding hydrogens is 423 g/mol. The van der Waals surface area contributed by atoms with Crippen LogP contribution in [0.15, 0.2) is 48.2 Å². The molecule has 2 N–H and O–H groups in total. The number of esters is 1. The number of aromatic nitrogens is 3. The van der Waals surface area contributed by atoms with Gasteiger partial charge in [-0.3, -0.25) is 14.8 Å². The van der Waals surface area contributed by atoms with Crippen molar-refractivity contribution in [3.8, 4) is 5.75 Å². The average Bonchev–Trinajstić information content (AvgIpc) is 3.32. The van der Waals surface area contributed by atoms with Crippen molar-refractivity contribution < 1.29 is 23.8 Å². The molecule has 0 spiro atoms. The van der Waals surface area contributed by atoms with Crippen LogP contribution >= 0.6 is 11.3 Å². The monoisotopic (exact) mass is 438 g/mol. The number of benzene rings is 1. The van der Waals surface area contributed by atoms with E-state index >= 15 is 0 Å². The summed E-state index contributed by atoms with van der Waals surface area (Å²) in [7, 11) is 1.16. The fourth-order valence-electron chi connectivity index (χ4n) is 2.98. The molecule has 4 rings (SSSR count). The van der Waals surface area contributed by atoms with Crippen LogP contribution in [0.1, 0.15) is 31.3 Å². The lowest BCUT2D eigenvalue weighted by Gasteiger charge is -2.12. The number of halogens is 1. The van der Waals surface area contributed by atoms with Crippen molar-refractivity contribution in [2.45, 2.75) is 6.42 Å². The smallest absolute Gasteiger partial charge is 0.360 e. The number of hydrogen-bond donors (Lipinski definition) is 2. The van der Waals surface area contributed by atoms with E-state index in [1.54, 1.807) is 18.2 Å².